The van der Waals surface area contributed by atoms with Gasteiger partial charge in [0.2, 0.25) is 0 Å². The summed E-state index contributed by atoms with van der Waals surface area (Å²) >= 11 is 5.11. The van der Waals surface area contributed by atoms with E-state index in [9.17, 15) is 3.07 Å². The normalized spacial score (nSPS) is 14.4. The summed E-state index contributed by atoms with van der Waals surface area (Å²) in [6.07, 6.45) is 8.68. The highest BCUT2D eigenvalue weighted by Gasteiger charge is 2.26. The van der Waals surface area contributed by atoms with Gasteiger partial charge in [-0.2, -0.15) is 5.10 Å². The van der Waals surface area contributed by atoms with Crippen molar-refractivity contribution in [1.29, 1.82) is 0 Å². The lowest BCUT2D eigenvalue weighted by Crippen LogP contribution is -2.20. The van der Waals surface area contributed by atoms with Gasteiger partial charge >= 0.3 is 0 Å². The van der Waals surface area contributed by atoms with E-state index in [0.29, 0.717) is 39.3 Å². The predicted molar refractivity (Wildman–Crippen MR) is 113 cm³/mol. The average molecular weight is 514 g/mol. The van der Waals surface area contributed by atoms with E-state index in [1.165, 1.54) is 0 Å². The van der Waals surface area contributed by atoms with Gasteiger partial charge in [-0.1, -0.05) is 11.6 Å². The van der Waals surface area contributed by atoms with E-state index in [1.54, 1.807) is 29.2 Å². The Labute approximate surface area is 174 Å². The van der Waals surface area contributed by atoms with Crippen LogP contribution in [0.2, 0.25) is 5.02 Å². The molecule has 0 aliphatic carbocycles. The van der Waals surface area contributed by atoms with E-state index in [0.717, 1.165) is 25.9 Å². The van der Waals surface area contributed by atoms with Crippen molar-refractivity contribution in [2.24, 2.45) is 0 Å². The topological polar surface area (TPSA) is 91.2 Å². The molecule has 0 unspecified atom stereocenters. The fraction of sp³-hybridized carbons (Fsp3) is 0.235. The van der Waals surface area contributed by atoms with E-state index < -0.39 is 27.3 Å². The molecule has 1 aliphatic rings. The van der Waals surface area contributed by atoms with Gasteiger partial charge < -0.3 is 9.30 Å². The second-order valence-electron chi connectivity index (χ2n) is 6.54. The van der Waals surface area contributed by atoms with Crippen LogP contribution in [-0.2, 0) is 3.07 Å². The Morgan fingerprint density at radius 3 is 2.86 bits per heavy atom. The van der Waals surface area contributed by atoms with Crippen LogP contribution < -0.4 is 8.43 Å². The molecule has 4 aromatic rings. The highest BCUT2D eigenvalue weighted by molar-refractivity contribution is 14.1. The minimum absolute atomic E-state index is 0.0199. The summed E-state index contributed by atoms with van der Waals surface area (Å²) in [5, 5.41) is 7.78. The van der Waals surface area contributed by atoms with Gasteiger partial charge in [0.1, 0.15) is 5.69 Å². The van der Waals surface area contributed by atoms with E-state index in [2.05, 4.69) is 23.7 Å². The van der Waals surface area contributed by atoms with Crippen LogP contribution in [0.15, 0.2) is 24.8 Å². The van der Waals surface area contributed by atoms with Gasteiger partial charge in [0.05, 0.1) is 34.8 Å². The number of anilines is 2. The third-order valence-electron chi connectivity index (χ3n) is 4.92. The van der Waals surface area contributed by atoms with E-state index in [4.69, 9.17) is 11.6 Å². The predicted octanol–water partition coefficient (Wildman–Crippen LogP) is 4.31. The minimum atomic E-state index is -1.38. The standard InChI is InChI=1S/C17H14ClFIN7O/c18-14-13(10-7-27-8-11(24-20-28)23-12(27)6-21-10)9-5-22-25-16(9)17(15(14)19)26-3-1-2-4-26/h5-8H,1-4H2,(H,22,25)(H,24,28). The van der Waals surface area contributed by atoms with E-state index >= 15 is 4.39 Å². The molecule has 0 bridgehead atoms. The number of hydrogen-bond donors (Lipinski definition) is 2. The molecule has 1 aliphatic heterocycles. The third kappa shape index (κ3) is 2.73. The van der Waals surface area contributed by atoms with Crippen LogP contribution in [0.3, 0.4) is 0 Å². The molecule has 8 nitrogen and oxygen atoms in total. The van der Waals surface area contributed by atoms with Crippen LogP contribution in [-0.4, -0.2) is 37.7 Å². The maximum absolute atomic E-state index is 15.3. The first kappa shape index (κ1) is 17.7. The van der Waals surface area contributed by atoms with Gasteiger partial charge in [0, 0.05) is 30.2 Å². The summed E-state index contributed by atoms with van der Waals surface area (Å²) in [4.78, 5) is 10.7. The fourth-order valence-electron chi connectivity index (χ4n) is 3.70. The molecule has 0 radical (unpaired) electrons. The molecule has 0 spiro atoms. The molecule has 144 valence electrons. The summed E-state index contributed by atoms with van der Waals surface area (Å²) in [5.41, 5.74) is 2.64. The molecule has 0 atom stereocenters. The third-order valence-corrected chi connectivity index (χ3v) is 6.05. The molecule has 11 heteroatoms. The number of hydrogen-bond acceptors (Lipinski definition) is 5. The molecule has 2 N–H and O–H groups in total. The molecule has 0 amide bonds. The van der Waals surface area contributed by atoms with Gasteiger partial charge in [-0.15, -0.1) is 0 Å². The van der Waals surface area contributed by atoms with Gasteiger partial charge in [0.25, 0.3) is 21.5 Å². The molecule has 28 heavy (non-hydrogen) atoms. The van der Waals surface area contributed by atoms with Crippen LogP contribution >= 0.6 is 33.1 Å². The zero-order valence-corrected chi connectivity index (χ0v) is 17.3. The molecule has 5 rings (SSSR count). The van der Waals surface area contributed by atoms with Crippen molar-refractivity contribution in [3.05, 3.63) is 35.6 Å². The molecular weight excluding hydrogens is 500 g/mol. The van der Waals surface area contributed by atoms with Crippen LogP contribution in [0.25, 0.3) is 27.8 Å². The molecule has 4 heterocycles. The Bertz CT molecular complexity index is 1220. The Morgan fingerprint density at radius 1 is 1.25 bits per heavy atom. The zero-order chi connectivity index (χ0) is 19.3. The lowest BCUT2D eigenvalue weighted by molar-refractivity contribution is 0.625. The van der Waals surface area contributed by atoms with Gasteiger partial charge in [-0.25, -0.2) is 12.4 Å². The van der Waals surface area contributed by atoms with Gasteiger partial charge in [0.15, 0.2) is 17.3 Å². The van der Waals surface area contributed by atoms with E-state index in [-0.39, 0.29) is 5.02 Å². The van der Waals surface area contributed by atoms with Crippen molar-refractivity contribution >= 4 is 61.1 Å². The SMILES string of the molecule is O=INc1cn2cc(-c3c(Cl)c(F)c(N4CCCC4)c4[nH]ncc34)ncc2n1. The summed E-state index contributed by atoms with van der Waals surface area (Å²) in [6.45, 7) is 1.58. The van der Waals surface area contributed by atoms with Crippen molar-refractivity contribution in [3.8, 4) is 11.3 Å². The first-order valence-corrected chi connectivity index (χ1v) is 11.0. The molecule has 0 saturated carbocycles. The second kappa shape index (κ2) is 6.92. The largest absolute Gasteiger partial charge is 0.367 e. The average Bonchev–Trinajstić information content (AvgIpc) is 3.43. The summed E-state index contributed by atoms with van der Waals surface area (Å²) in [7, 11) is 0. The van der Waals surface area contributed by atoms with Crippen molar-refractivity contribution in [3.63, 3.8) is 0 Å². The highest BCUT2D eigenvalue weighted by Crippen LogP contribution is 2.42. The van der Waals surface area contributed by atoms with Crippen molar-refractivity contribution in [1.82, 2.24) is 24.6 Å². The summed E-state index contributed by atoms with van der Waals surface area (Å²) in [5.74, 6) is 0.0261. The van der Waals surface area contributed by atoms with Crippen molar-refractivity contribution in [2.75, 3.05) is 21.5 Å². The smallest absolute Gasteiger partial charge is 0.271 e. The number of nitrogens with one attached hydrogen (secondary N) is 2. The number of nitrogens with zero attached hydrogens (tertiary/aromatic N) is 5. The maximum atomic E-state index is 15.3. The first-order valence-electron chi connectivity index (χ1n) is 8.63. The fourth-order valence-corrected chi connectivity index (χ4v) is 4.47. The summed E-state index contributed by atoms with van der Waals surface area (Å²) in [6, 6.07) is 0. The quantitative estimate of drug-likeness (QED) is 0.312. The number of aromatic amines is 1. The number of H-pyrrole nitrogens is 1. The second-order valence-corrected chi connectivity index (χ2v) is 7.90. The minimum Gasteiger partial charge on any atom is -0.367 e. The summed E-state index contributed by atoms with van der Waals surface area (Å²) < 4.78 is 30.6. The number of halogens is 3. The van der Waals surface area contributed by atoms with E-state index in [1.807, 2.05) is 4.90 Å². The highest BCUT2D eigenvalue weighted by atomic mass is 127. The molecule has 1 fully saturated rings. The Kier molecular flexibility index (Phi) is 4.38. The van der Waals surface area contributed by atoms with Crippen molar-refractivity contribution < 1.29 is 7.46 Å². The number of fused-ring (bicyclic) bond motifs is 2. The van der Waals surface area contributed by atoms with Crippen LogP contribution in [0, 0.1) is 5.82 Å². The molecule has 1 saturated heterocycles. The van der Waals surface area contributed by atoms with Crippen LogP contribution in [0.5, 0.6) is 0 Å². The van der Waals surface area contributed by atoms with Crippen LogP contribution in [0.4, 0.5) is 15.9 Å². The number of benzene rings is 1. The molecule has 1 aromatic carbocycles. The monoisotopic (exact) mass is 513 g/mol. The first-order chi connectivity index (χ1) is 13.7. The lowest BCUT2D eigenvalue weighted by Gasteiger charge is -2.21. The Hall–Kier alpha value is -2.34. The van der Waals surface area contributed by atoms with Crippen molar-refractivity contribution in [2.45, 2.75) is 12.8 Å². The Morgan fingerprint density at radius 2 is 2.07 bits per heavy atom. The number of rotatable bonds is 4. The number of imidazole rings is 1. The lowest BCUT2D eigenvalue weighted by atomic mass is 10.0. The molecule has 3 aromatic heterocycles. The van der Waals surface area contributed by atoms with Gasteiger partial charge in [-0.05, 0) is 12.8 Å². The number of aromatic nitrogens is 5. The Balaban J connectivity index is 1.72. The molecular formula is C17H14ClFIN7O. The maximum Gasteiger partial charge on any atom is 0.271 e. The zero-order valence-electron chi connectivity index (χ0n) is 14.4. The van der Waals surface area contributed by atoms with Gasteiger partial charge in [-0.3, -0.25) is 13.6 Å². The van der Waals surface area contributed by atoms with Crippen LogP contribution in [0.1, 0.15) is 12.8 Å².